The SMILES string of the molecule is O=C(NCc1coc(-c2cccs2)n1)C1CCN(C(=O)c2cccs2)CC1. The van der Waals surface area contributed by atoms with Gasteiger partial charge >= 0.3 is 0 Å². The molecular weight excluding hydrogens is 382 g/mol. The summed E-state index contributed by atoms with van der Waals surface area (Å²) in [6.45, 7) is 1.57. The van der Waals surface area contributed by atoms with Gasteiger partial charge < -0.3 is 14.6 Å². The van der Waals surface area contributed by atoms with Crippen molar-refractivity contribution in [2.24, 2.45) is 5.92 Å². The van der Waals surface area contributed by atoms with Crippen molar-refractivity contribution in [2.45, 2.75) is 19.4 Å². The molecule has 3 aromatic rings. The Kier molecular flexibility index (Phi) is 5.35. The second-order valence-corrected chi connectivity index (χ2v) is 8.28. The number of rotatable bonds is 5. The van der Waals surface area contributed by atoms with Crippen molar-refractivity contribution < 1.29 is 14.0 Å². The summed E-state index contributed by atoms with van der Waals surface area (Å²) in [5.74, 6) is 0.585. The molecule has 0 radical (unpaired) electrons. The van der Waals surface area contributed by atoms with E-state index in [0.717, 1.165) is 9.75 Å². The topological polar surface area (TPSA) is 75.4 Å². The first-order valence-electron chi connectivity index (χ1n) is 8.79. The predicted octanol–water partition coefficient (Wildman–Crippen LogP) is 3.63. The van der Waals surface area contributed by atoms with Crippen LogP contribution in [0.3, 0.4) is 0 Å². The van der Waals surface area contributed by atoms with Crippen LogP contribution in [-0.4, -0.2) is 34.8 Å². The van der Waals surface area contributed by atoms with Gasteiger partial charge in [0.2, 0.25) is 11.8 Å². The van der Waals surface area contributed by atoms with Crippen molar-refractivity contribution in [3.63, 3.8) is 0 Å². The molecule has 0 bridgehead atoms. The maximum absolute atomic E-state index is 12.4. The van der Waals surface area contributed by atoms with E-state index in [2.05, 4.69) is 10.3 Å². The van der Waals surface area contributed by atoms with Crippen LogP contribution in [0.15, 0.2) is 45.7 Å². The Labute approximate surface area is 164 Å². The van der Waals surface area contributed by atoms with E-state index in [0.29, 0.717) is 44.1 Å². The van der Waals surface area contributed by atoms with E-state index in [1.807, 2.05) is 39.9 Å². The summed E-state index contributed by atoms with van der Waals surface area (Å²) in [4.78, 5) is 32.8. The molecule has 27 heavy (non-hydrogen) atoms. The molecule has 1 saturated heterocycles. The van der Waals surface area contributed by atoms with Gasteiger partial charge in [-0.05, 0) is 35.7 Å². The average molecular weight is 402 g/mol. The van der Waals surface area contributed by atoms with Gasteiger partial charge in [0.1, 0.15) is 6.26 Å². The zero-order chi connectivity index (χ0) is 18.6. The van der Waals surface area contributed by atoms with Gasteiger partial charge in [-0.2, -0.15) is 0 Å². The van der Waals surface area contributed by atoms with E-state index in [1.54, 1.807) is 17.6 Å². The number of amides is 2. The van der Waals surface area contributed by atoms with Gasteiger partial charge in [-0.3, -0.25) is 9.59 Å². The largest absolute Gasteiger partial charge is 0.443 e. The smallest absolute Gasteiger partial charge is 0.263 e. The van der Waals surface area contributed by atoms with Gasteiger partial charge in [-0.1, -0.05) is 12.1 Å². The number of oxazole rings is 1. The molecule has 1 aliphatic rings. The first-order valence-corrected chi connectivity index (χ1v) is 10.6. The van der Waals surface area contributed by atoms with Crippen LogP contribution in [0.25, 0.3) is 10.8 Å². The molecule has 0 spiro atoms. The third kappa shape index (κ3) is 4.12. The van der Waals surface area contributed by atoms with Crippen molar-refractivity contribution in [3.05, 3.63) is 51.9 Å². The number of carbonyl (C=O) groups excluding carboxylic acids is 2. The molecule has 1 fully saturated rings. The number of carbonyl (C=O) groups is 2. The molecule has 1 N–H and O–H groups in total. The summed E-state index contributed by atoms with van der Waals surface area (Å²) in [5.41, 5.74) is 0.706. The van der Waals surface area contributed by atoms with E-state index >= 15 is 0 Å². The molecule has 0 aromatic carbocycles. The van der Waals surface area contributed by atoms with Crippen LogP contribution >= 0.6 is 22.7 Å². The quantitative estimate of drug-likeness (QED) is 0.708. The minimum absolute atomic E-state index is 0.0129. The fourth-order valence-corrected chi connectivity index (χ4v) is 4.47. The van der Waals surface area contributed by atoms with E-state index < -0.39 is 0 Å². The lowest BCUT2D eigenvalue weighted by molar-refractivity contribution is -0.126. The van der Waals surface area contributed by atoms with E-state index in [4.69, 9.17) is 4.42 Å². The van der Waals surface area contributed by atoms with Crippen molar-refractivity contribution in [1.29, 1.82) is 0 Å². The third-order valence-electron chi connectivity index (χ3n) is 4.61. The van der Waals surface area contributed by atoms with Crippen LogP contribution < -0.4 is 5.32 Å². The summed E-state index contributed by atoms with van der Waals surface area (Å²) in [6, 6.07) is 7.62. The fourth-order valence-electron chi connectivity index (χ4n) is 3.12. The Morgan fingerprint density at radius 1 is 1.19 bits per heavy atom. The summed E-state index contributed by atoms with van der Waals surface area (Å²) >= 11 is 3.02. The molecule has 4 heterocycles. The summed E-state index contributed by atoms with van der Waals surface area (Å²) in [7, 11) is 0. The third-order valence-corrected chi connectivity index (χ3v) is 6.33. The lowest BCUT2D eigenvalue weighted by Gasteiger charge is -2.31. The second-order valence-electron chi connectivity index (χ2n) is 6.38. The molecule has 1 aliphatic heterocycles. The Hall–Kier alpha value is -2.45. The monoisotopic (exact) mass is 401 g/mol. The standard InChI is InChI=1S/C19H19N3O3S2/c23-17(20-11-14-12-25-18(21-14)15-3-1-9-26-15)13-5-7-22(8-6-13)19(24)16-4-2-10-27-16/h1-4,9-10,12-13H,5-8,11H2,(H,20,23). The minimum Gasteiger partial charge on any atom is -0.443 e. The molecule has 0 saturated carbocycles. The number of piperidine rings is 1. The Morgan fingerprint density at radius 2 is 1.96 bits per heavy atom. The number of nitrogens with one attached hydrogen (secondary N) is 1. The highest BCUT2D eigenvalue weighted by molar-refractivity contribution is 7.13. The summed E-state index contributed by atoms with van der Waals surface area (Å²) in [5, 5.41) is 6.81. The Morgan fingerprint density at radius 3 is 2.67 bits per heavy atom. The second kappa shape index (κ2) is 8.06. The highest BCUT2D eigenvalue weighted by Gasteiger charge is 2.28. The number of aromatic nitrogens is 1. The minimum atomic E-state index is -0.0685. The van der Waals surface area contributed by atoms with Gasteiger partial charge in [0.15, 0.2) is 0 Å². The zero-order valence-corrected chi connectivity index (χ0v) is 16.2. The van der Waals surface area contributed by atoms with Crippen molar-refractivity contribution in [2.75, 3.05) is 13.1 Å². The molecular formula is C19H19N3O3S2. The number of likely N-dealkylation sites (tertiary alicyclic amines) is 1. The number of hydrogen-bond donors (Lipinski definition) is 1. The van der Waals surface area contributed by atoms with Gasteiger partial charge in [0.05, 0.1) is 22.0 Å². The van der Waals surface area contributed by atoms with Gasteiger partial charge in [-0.25, -0.2) is 4.98 Å². The van der Waals surface area contributed by atoms with Gasteiger partial charge in [0, 0.05) is 19.0 Å². The fraction of sp³-hybridized carbons (Fsp3) is 0.316. The number of thiophene rings is 2. The zero-order valence-electron chi connectivity index (χ0n) is 14.6. The number of nitrogens with zero attached hydrogens (tertiary/aromatic N) is 2. The van der Waals surface area contributed by atoms with Gasteiger partial charge in [0.25, 0.3) is 5.91 Å². The van der Waals surface area contributed by atoms with Crippen LogP contribution in [-0.2, 0) is 11.3 Å². The van der Waals surface area contributed by atoms with Crippen LogP contribution in [0, 0.1) is 5.92 Å². The van der Waals surface area contributed by atoms with Crippen LogP contribution in [0.1, 0.15) is 28.2 Å². The molecule has 8 heteroatoms. The average Bonchev–Trinajstić information content (AvgIpc) is 3.47. The molecule has 140 valence electrons. The Balaban J connectivity index is 1.26. The van der Waals surface area contributed by atoms with Crippen LogP contribution in [0.2, 0.25) is 0 Å². The van der Waals surface area contributed by atoms with Crippen LogP contribution in [0.4, 0.5) is 0 Å². The highest BCUT2D eigenvalue weighted by Crippen LogP contribution is 2.24. The van der Waals surface area contributed by atoms with Gasteiger partial charge in [-0.15, -0.1) is 22.7 Å². The summed E-state index contributed by atoms with van der Waals surface area (Å²) < 4.78 is 5.47. The van der Waals surface area contributed by atoms with Crippen molar-refractivity contribution in [3.8, 4) is 10.8 Å². The maximum Gasteiger partial charge on any atom is 0.263 e. The van der Waals surface area contributed by atoms with Crippen molar-refractivity contribution in [1.82, 2.24) is 15.2 Å². The first kappa shape index (κ1) is 17.9. The maximum atomic E-state index is 12.4. The molecule has 0 atom stereocenters. The lowest BCUT2D eigenvalue weighted by atomic mass is 9.96. The number of hydrogen-bond acceptors (Lipinski definition) is 6. The first-order chi connectivity index (χ1) is 13.2. The molecule has 2 amide bonds. The van der Waals surface area contributed by atoms with Crippen molar-refractivity contribution >= 4 is 34.5 Å². The van der Waals surface area contributed by atoms with E-state index in [-0.39, 0.29) is 17.7 Å². The lowest BCUT2D eigenvalue weighted by Crippen LogP contribution is -2.42. The molecule has 0 unspecified atom stereocenters. The predicted molar refractivity (Wildman–Crippen MR) is 105 cm³/mol. The summed E-state index contributed by atoms with van der Waals surface area (Å²) in [6.07, 6.45) is 2.95. The molecule has 3 aromatic heterocycles. The van der Waals surface area contributed by atoms with Crippen LogP contribution in [0.5, 0.6) is 0 Å². The Bertz CT molecular complexity index is 895. The molecule has 4 rings (SSSR count). The molecule has 6 nitrogen and oxygen atoms in total. The highest BCUT2D eigenvalue weighted by atomic mass is 32.1. The normalized spacial score (nSPS) is 15.0. The van der Waals surface area contributed by atoms with E-state index in [1.165, 1.54) is 11.3 Å². The molecule has 0 aliphatic carbocycles. The van der Waals surface area contributed by atoms with E-state index in [9.17, 15) is 9.59 Å².